The van der Waals surface area contributed by atoms with Crippen LogP contribution in [0.1, 0.15) is 110 Å². The maximum Gasteiger partial charge on any atom is 2.00 e. The molecule has 0 saturated carbocycles. The van der Waals surface area contributed by atoms with Crippen LogP contribution in [0, 0.1) is 11.6 Å². The van der Waals surface area contributed by atoms with Crippen molar-refractivity contribution in [2.45, 2.75) is 116 Å². The molecule has 0 spiro atoms. The number of carboxylic acids is 2. The number of nitrogens with one attached hydrogen (secondary N) is 2. The molecule has 0 fully saturated rings. The van der Waals surface area contributed by atoms with Crippen molar-refractivity contribution in [3.8, 4) is 44.8 Å². The third-order valence-corrected chi connectivity index (χ3v) is 13.8. The monoisotopic (exact) mass is 1210 g/mol. The molecule has 0 aliphatic carbocycles. The van der Waals surface area contributed by atoms with E-state index in [1.165, 1.54) is 24.3 Å². The maximum absolute atomic E-state index is 14.0. The molecule has 86 heavy (non-hydrogen) atoms. The minimum absolute atomic E-state index is 0. The molecule has 17 nitrogen and oxygen atoms in total. The fourth-order valence-electron chi connectivity index (χ4n) is 10.4. The van der Waals surface area contributed by atoms with E-state index in [-0.39, 0.29) is 117 Å². The Morgan fingerprint density at radius 1 is 0.442 bits per heavy atom. The number of hydrogen-bond acceptors (Lipinski definition) is 10. The molecule has 20 heteroatoms. The summed E-state index contributed by atoms with van der Waals surface area (Å²) < 4.78 is 32.0. The quantitative estimate of drug-likeness (QED) is 0.0333. The molecule has 2 unspecified atom stereocenters. The average Bonchev–Trinajstić information content (AvgIpc) is 1.82. The number of aliphatic hydroxyl groups is 4. The Bertz CT molecular complexity index is 3180. The van der Waals surface area contributed by atoms with Crippen LogP contribution < -0.4 is 20.8 Å². The number of carbonyl (C=O) groups excluding carboxylic acids is 4. The van der Waals surface area contributed by atoms with Gasteiger partial charge in [0.1, 0.15) is 11.6 Å². The van der Waals surface area contributed by atoms with Gasteiger partial charge >= 0.3 is 37.7 Å². The fraction of sp³-hybridized carbons (Fsp3) is 0.273. The predicted octanol–water partition coefficient (Wildman–Crippen LogP) is 7.10. The Labute approximate surface area is 528 Å². The number of anilines is 2. The largest absolute Gasteiger partial charge is 2.00 e. The number of aliphatic hydroxyl groups excluding tert-OH is 4. The molecule has 0 bridgehead atoms. The summed E-state index contributed by atoms with van der Waals surface area (Å²) in [6.45, 7) is 8.45. The molecule has 0 radical (unpaired) electrons. The van der Waals surface area contributed by atoms with E-state index in [4.69, 9.17) is 0 Å². The number of para-hydroxylation sites is 2. The molecule has 0 saturated heterocycles. The minimum atomic E-state index is -1.39. The Hall–Kier alpha value is -7.40. The van der Waals surface area contributed by atoms with Crippen molar-refractivity contribution in [1.29, 1.82) is 0 Å². The second-order valence-corrected chi connectivity index (χ2v) is 20.8. The molecule has 4 atom stereocenters. The summed E-state index contributed by atoms with van der Waals surface area (Å²) in [6, 6.07) is 49.4. The van der Waals surface area contributed by atoms with Gasteiger partial charge in [-0.05, 0) is 133 Å². The summed E-state index contributed by atoms with van der Waals surface area (Å²) >= 11 is 0. The number of benzene rings is 6. The van der Waals surface area contributed by atoms with Crippen molar-refractivity contribution in [2.24, 2.45) is 0 Å². The predicted molar refractivity (Wildman–Crippen MR) is 326 cm³/mol. The third kappa shape index (κ3) is 19.3. The SMILES string of the molecule is CC(C)c1c(C(=O)Nc2ccccc2)c(-c2ccccc2)c(-c2ccc(F)cc2)n1CC[C@@H](O)CC(O)CC(=O)[O-].CC(C)c1c(C(=O)Nc2ccccc2)c(-c2ccccc2)c(-c2ccc(F)cc2)n1CC[C@@H](O)CC(O)CC(=O)[O-].O.O.O.[Ca+2]. The van der Waals surface area contributed by atoms with Crippen molar-refractivity contribution < 1.29 is 75.0 Å². The van der Waals surface area contributed by atoms with E-state index in [1.54, 1.807) is 48.5 Å². The topological polar surface area (TPSA) is 324 Å². The van der Waals surface area contributed by atoms with Crippen LogP contribution in [0.25, 0.3) is 44.8 Å². The summed E-state index contributed by atoms with van der Waals surface area (Å²) in [5, 5.41) is 69.2. The smallest absolute Gasteiger partial charge is 0.550 e. The standard InChI is InChI=1S/2C33H35FN2O5.Ca.3H2O/c2*1-21(2)31-30(33(41)35-25-11-7-4-8-12-25)29(22-9-5-3-6-10-22)32(23-13-15-24(34)16-14-23)36(31)18-17-26(37)19-27(38)20-28(39)40;;;;/h2*3-16,21,26-27,37-38H,17-20H2,1-2H3,(H,35,41)(H,39,40);;3*1H2/q;;+2;;;/p-2/t2*26-,27?;;;;/m11..../s1. The molecule has 2 aromatic heterocycles. The molecule has 8 rings (SSSR count). The maximum atomic E-state index is 14.0. The minimum Gasteiger partial charge on any atom is -0.550 e. The van der Waals surface area contributed by atoms with E-state index in [1.807, 2.05) is 134 Å². The molecule has 0 aliphatic heterocycles. The van der Waals surface area contributed by atoms with Gasteiger partial charge in [0.15, 0.2) is 0 Å². The van der Waals surface area contributed by atoms with Crippen LogP contribution in [0.4, 0.5) is 20.2 Å². The zero-order valence-electron chi connectivity index (χ0n) is 48.4. The number of carboxylic acid groups (broad SMARTS) is 2. The summed E-state index contributed by atoms with van der Waals surface area (Å²) in [6.07, 6.45) is -5.54. The van der Waals surface area contributed by atoms with Gasteiger partial charge in [0, 0.05) is 71.8 Å². The Balaban J connectivity index is 0.000000430. The number of halogens is 2. The van der Waals surface area contributed by atoms with Gasteiger partial charge in [-0.25, -0.2) is 8.78 Å². The van der Waals surface area contributed by atoms with Crippen LogP contribution >= 0.6 is 0 Å². The van der Waals surface area contributed by atoms with Crippen molar-refractivity contribution >= 4 is 72.9 Å². The summed E-state index contributed by atoms with van der Waals surface area (Å²) in [5.74, 6) is -4.41. The van der Waals surface area contributed by atoms with Gasteiger partial charge in [-0.3, -0.25) is 9.59 Å². The Morgan fingerprint density at radius 2 is 0.733 bits per heavy atom. The summed E-state index contributed by atoms with van der Waals surface area (Å²) in [7, 11) is 0. The van der Waals surface area contributed by atoms with E-state index in [2.05, 4.69) is 10.6 Å². The fourth-order valence-corrected chi connectivity index (χ4v) is 10.4. The van der Waals surface area contributed by atoms with E-state index in [9.17, 15) is 58.6 Å². The van der Waals surface area contributed by atoms with Crippen LogP contribution in [0.3, 0.4) is 0 Å². The number of nitrogens with zero attached hydrogens (tertiary/aromatic N) is 2. The van der Waals surface area contributed by atoms with Crippen LogP contribution in [0.15, 0.2) is 170 Å². The van der Waals surface area contributed by atoms with Gasteiger partial charge in [-0.1, -0.05) is 125 Å². The van der Waals surface area contributed by atoms with Gasteiger partial charge in [0.25, 0.3) is 11.8 Å². The van der Waals surface area contributed by atoms with Gasteiger partial charge in [0.05, 0.1) is 46.9 Å². The van der Waals surface area contributed by atoms with Crippen LogP contribution in [0.5, 0.6) is 0 Å². The van der Waals surface area contributed by atoms with Crippen LogP contribution in [-0.2, 0) is 22.7 Å². The first-order valence-corrected chi connectivity index (χ1v) is 27.3. The van der Waals surface area contributed by atoms with Crippen LogP contribution in [-0.4, -0.2) is 132 Å². The summed E-state index contributed by atoms with van der Waals surface area (Å²) in [4.78, 5) is 49.8. The second-order valence-electron chi connectivity index (χ2n) is 20.8. The van der Waals surface area contributed by atoms with Gasteiger partial charge in [-0.15, -0.1) is 0 Å². The summed E-state index contributed by atoms with van der Waals surface area (Å²) in [5.41, 5.74) is 9.43. The molecular weight excluding hydrogens is 1130 g/mol. The number of carbonyl (C=O) groups is 4. The van der Waals surface area contributed by atoms with Crippen molar-refractivity contribution in [1.82, 2.24) is 9.13 Å². The Morgan fingerprint density at radius 3 is 1.01 bits per heavy atom. The van der Waals surface area contributed by atoms with Gasteiger partial charge < -0.3 is 76.4 Å². The number of aromatic nitrogens is 2. The second kappa shape index (κ2) is 34.7. The molecule has 0 aliphatic rings. The average molecular weight is 1210 g/mol. The molecule has 2 heterocycles. The molecule has 8 aromatic rings. The molecule has 6 aromatic carbocycles. The van der Waals surface area contributed by atoms with Crippen molar-refractivity contribution in [3.05, 3.63) is 204 Å². The molecule has 2 amide bonds. The van der Waals surface area contributed by atoms with E-state index in [0.29, 0.717) is 56.1 Å². The van der Waals surface area contributed by atoms with E-state index in [0.717, 1.165) is 22.5 Å². The first-order valence-electron chi connectivity index (χ1n) is 27.3. The van der Waals surface area contributed by atoms with E-state index >= 15 is 0 Å². The van der Waals surface area contributed by atoms with Crippen molar-refractivity contribution in [2.75, 3.05) is 10.6 Å². The van der Waals surface area contributed by atoms with Gasteiger partial charge in [-0.2, -0.15) is 0 Å². The van der Waals surface area contributed by atoms with Crippen LogP contribution in [0.2, 0.25) is 0 Å². The Kier molecular flexibility index (Phi) is 29.4. The third-order valence-electron chi connectivity index (χ3n) is 13.8. The van der Waals surface area contributed by atoms with Crippen molar-refractivity contribution in [3.63, 3.8) is 0 Å². The number of rotatable bonds is 24. The van der Waals surface area contributed by atoms with E-state index < -0.39 is 60.8 Å². The zero-order chi connectivity index (χ0) is 59.0. The molecule has 12 N–H and O–H groups in total. The number of hydrogen-bond donors (Lipinski definition) is 6. The van der Waals surface area contributed by atoms with Gasteiger partial charge in [0.2, 0.25) is 0 Å². The molecule has 452 valence electrons. The normalized spacial score (nSPS) is 12.1. The number of aliphatic carboxylic acids is 2. The molecular formula is C66H74CaF2N4O13. The first kappa shape index (κ1) is 72.9. The first-order chi connectivity index (χ1) is 39.3. The number of amides is 2. The zero-order valence-corrected chi connectivity index (χ0v) is 50.6.